The summed E-state index contributed by atoms with van der Waals surface area (Å²) in [6.45, 7) is 3.65. The topological polar surface area (TPSA) is 52.5 Å². The maximum atomic E-state index is 11.8. The van der Waals surface area contributed by atoms with Gasteiger partial charge >= 0.3 is 0 Å². The monoisotopic (exact) mass is 374 g/mol. The lowest BCUT2D eigenvalue weighted by molar-refractivity contribution is -0.0602. The molecule has 5 heteroatoms. The number of rotatable bonds is 3. The molecule has 3 aromatic rings. The van der Waals surface area contributed by atoms with Crippen LogP contribution in [-0.2, 0) is 5.60 Å². The number of pyridine rings is 2. The summed E-state index contributed by atoms with van der Waals surface area (Å²) in [6, 6.07) is 16.3. The average Bonchev–Trinajstić information content (AvgIpc) is 3.29. The van der Waals surface area contributed by atoms with Crippen LogP contribution in [0.3, 0.4) is 0 Å². The van der Waals surface area contributed by atoms with E-state index in [0.717, 1.165) is 48.5 Å². The van der Waals surface area contributed by atoms with Crippen molar-refractivity contribution in [1.29, 1.82) is 0 Å². The van der Waals surface area contributed by atoms with E-state index in [-0.39, 0.29) is 6.04 Å². The van der Waals surface area contributed by atoms with Crippen molar-refractivity contribution < 1.29 is 5.11 Å². The van der Waals surface area contributed by atoms with Gasteiger partial charge in [0.15, 0.2) is 0 Å². The second-order valence-corrected chi connectivity index (χ2v) is 7.95. The molecule has 2 atom stereocenters. The van der Waals surface area contributed by atoms with E-state index >= 15 is 0 Å². The first-order valence-electron chi connectivity index (χ1n) is 10.2. The molecule has 28 heavy (non-hydrogen) atoms. The van der Waals surface area contributed by atoms with Crippen molar-refractivity contribution in [1.82, 2.24) is 14.9 Å². The number of hydrogen-bond donors (Lipinski definition) is 1. The Balaban J connectivity index is 1.53. The molecule has 0 radical (unpaired) electrons. The molecule has 0 aliphatic carbocycles. The van der Waals surface area contributed by atoms with Crippen molar-refractivity contribution in [2.45, 2.75) is 30.9 Å². The molecule has 5 rings (SSSR count). The van der Waals surface area contributed by atoms with Crippen LogP contribution in [0.15, 0.2) is 60.9 Å². The predicted molar refractivity (Wildman–Crippen MR) is 111 cm³/mol. The molecule has 2 aliphatic heterocycles. The smallest absolute Gasteiger partial charge is 0.138 e. The number of hydrogen-bond acceptors (Lipinski definition) is 5. The zero-order chi connectivity index (χ0) is 19.0. The summed E-state index contributed by atoms with van der Waals surface area (Å²) < 4.78 is 0. The molecule has 2 aromatic heterocycles. The standard InChI is InChI=1S/C23H26N4O/c28-23(18-7-2-1-3-8-18)11-16-27(17-21(23)26-14-4-5-15-26)22-19-9-6-12-24-20(19)10-13-25-22/h1-3,6-10,12-13,21,28H,4-5,11,14-17H2/t21-,23+/m1/s1. The van der Waals surface area contributed by atoms with Crippen LogP contribution < -0.4 is 4.90 Å². The van der Waals surface area contributed by atoms with Gasteiger partial charge in [-0.25, -0.2) is 4.98 Å². The predicted octanol–water partition coefficient (Wildman–Crippen LogP) is 3.19. The van der Waals surface area contributed by atoms with Crippen LogP contribution in [0.1, 0.15) is 24.8 Å². The lowest BCUT2D eigenvalue weighted by Crippen LogP contribution is -2.60. The van der Waals surface area contributed by atoms with Crippen LogP contribution in [0.4, 0.5) is 5.82 Å². The normalized spacial score (nSPS) is 26.0. The lowest BCUT2D eigenvalue weighted by atomic mass is 9.79. The third-order valence-electron chi connectivity index (χ3n) is 6.37. The van der Waals surface area contributed by atoms with Gasteiger partial charge in [0.2, 0.25) is 0 Å². The van der Waals surface area contributed by atoms with Gasteiger partial charge in [0.1, 0.15) is 11.4 Å². The molecule has 2 fully saturated rings. The molecule has 2 aliphatic rings. The number of nitrogens with zero attached hydrogens (tertiary/aromatic N) is 4. The zero-order valence-electron chi connectivity index (χ0n) is 16.0. The summed E-state index contributed by atoms with van der Waals surface area (Å²) in [5.41, 5.74) is 1.17. The van der Waals surface area contributed by atoms with Crippen LogP contribution in [0.25, 0.3) is 10.9 Å². The second-order valence-electron chi connectivity index (χ2n) is 7.95. The fourth-order valence-electron chi connectivity index (χ4n) is 4.89. The molecule has 1 aromatic carbocycles. The van der Waals surface area contributed by atoms with Gasteiger partial charge in [0.05, 0.1) is 11.6 Å². The Morgan fingerprint density at radius 3 is 2.54 bits per heavy atom. The molecular weight excluding hydrogens is 348 g/mol. The Morgan fingerprint density at radius 1 is 0.893 bits per heavy atom. The minimum atomic E-state index is -0.828. The van der Waals surface area contributed by atoms with Crippen LogP contribution in [0, 0.1) is 0 Å². The van der Waals surface area contributed by atoms with Gasteiger partial charge in [0.25, 0.3) is 0 Å². The van der Waals surface area contributed by atoms with Crippen molar-refractivity contribution in [3.8, 4) is 0 Å². The van der Waals surface area contributed by atoms with Gasteiger partial charge in [-0.05, 0) is 56.1 Å². The molecule has 1 N–H and O–H groups in total. The van der Waals surface area contributed by atoms with Gasteiger partial charge in [0, 0.05) is 30.9 Å². The number of benzene rings is 1. The highest BCUT2D eigenvalue weighted by Gasteiger charge is 2.46. The van der Waals surface area contributed by atoms with Gasteiger partial charge in [-0.3, -0.25) is 9.88 Å². The molecule has 144 valence electrons. The fourth-order valence-corrected chi connectivity index (χ4v) is 4.89. The van der Waals surface area contributed by atoms with Gasteiger partial charge in [-0.1, -0.05) is 30.3 Å². The summed E-state index contributed by atoms with van der Waals surface area (Å²) >= 11 is 0. The Hall–Kier alpha value is -2.50. The number of aliphatic hydroxyl groups is 1. The van der Waals surface area contributed by atoms with Gasteiger partial charge < -0.3 is 10.0 Å². The summed E-state index contributed by atoms with van der Waals surface area (Å²) in [6.07, 6.45) is 6.77. The molecule has 2 saturated heterocycles. The molecule has 0 unspecified atom stereocenters. The number of anilines is 1. The summed E-state index contributed by atoms with van der Waals surface area (Å²) in [7, 11) is 0. The largest absolute Gasteiger partial charge is 0.383 e. The van der Waals surface area contributed by atoms with Crippen LogP contribution in [-0.4, -0.2) is 52.2 Å². The molecule has 0 spiro atoms. The van der Waals surface area contributed by atoms with Gasteiger partial charge in [-0.2, -0.15) is 0 Å². The second kappa shape index (κ2) is 7.15. The maximum Gasteiger partial charge on any atom is 0.138 e. The van der Waals surface area contributed by atoms with Gasteiger partial charge in [-0.15, -0.1) is 0 Å². The van der Waals surface area contributed by atoms with Crippen LogP contribution >= 0.6 is 0 Å². The molecule has 4 heterocycles. The first kappa shape index (κ1) is 17.6. The first-order chi connectivity index (χ1) is 13.8. The van der Waals surface area contributed by atoms with Crippen molar-refractivity contribution >= 4 is 16.7 Å². The van der Waals surface area contributed by atoms with E-state index in [0.29, 0.717) is 6.42 Å². The quantitative estimate of drug-likeness (QED) is 0.763. The third kappa shape index (κ3) is 2.95. The van der Waals surface area contributed by atoms with Crippen LogP contribution in [0.5, 0.6) is 0 Å². The average molecular weight is 374 g/mol. The number of fused-ring (bicyclic) bond motifs is 1. The van der Waals surface area contributed by atoms with E-state index < -0.39 is 5.60 Å². The molecule has 0 amide bonds. The molecule has 0 bridgehead atoms. The lowest BCUT2D eigenvalue weighted by Gasteiger charge is -2.49. The van der Waals surface area contributed by atoms with E-state index in [9.17, 15) is 5.11 Å². The van der Waals surface area contributed by atoms with Crippen molar-refractivity contribution in [2.75, 3.05) is 31.1 Å². The highest BCUT2D eigenvalue weighted by Crippen LogP contribution is 2.39. The summed E-state index contributed by atoms with van der Waals surface area (Å²) in [4.78, 5) is 14.0. The van der Waals surface area contributed by atoms with Crippen molar-refractivity contribution in [3.63, 3.8) is 0 Å². The Morgan fingerprint density at radius 2 is 1.71 bits per heavy atom. The Bertz CT molecular complexity index is 952. The highest BCUT2D eigenvalue weighted by atomic mass is 16.3. The van der Waals surface area contributed by atoms with Crippen molar-refractivity contribution in [2.24, 2.45) is 0 Å². The van der Waals surface area contributed by atoms with Crippen molar-refractivity contribution in [3.05, 3.63) is 66.5 Å². The number of likely N-dealkylation sites (tertiary alicyclic amines) is 1. The molecular formula is C23H26N4O. The van der Waals surface area contributed by atoms with E-state index in [1.165, 1.54) is 12.8 Å². The highest BCUT2D eigenvalue weighted by molar-refractivity contribution is 5.89. The van der Waals surface area contributed by atoms with E-state index in [4.69, 9.17) is 4.98 Å². The van der Waals surface area contributed by atoms with E-state index in [1.54, 1.807) is 0 Å². The minimum Gasteiger partial charge on any atom is -0.383 e. The third-order valence-corrected chi connectivity index (χ3v) is 6.37. The Kier molecular flexibility index (Phi) is 4.49. The maximum absolute atomic E-state index is 11.8. The molecule has 0 saturated carbocycles. The summed E-state index contributed by atoms with van der Waals surface area (Å²) in [5.74, 6) is 0.977. The minimum absolute atomic E-state index is 0.0554. The summed E-state index contributed by atoms with van der Waals surface area (Å²) in [5, 5.41) is 12.9. The van der Waals surface area contributed by atoms with Crippen LogP contribution in [0.2, 0.25) is 0 Å². The number of aromatic nitrogens is 2. The van der Waals surface area contributed by atoms with E-state index in [1.807, 2.05) is 42.7 Å². The van der Waals surface area contributed by atoms with E-state index in [2.05, 4.69) is 33.0 Å². The SMILES string of the molecule is O[C@]1(c2ccccc2)CCN(c2nccc3ncccc23)C[C@H]1N1CCCC1. The fraction of sp³-hybridized carbons (Fsp3) is 0.391. The number of piperidine rings is 1. The molecule has 5 nitrogen and oxygen atoms in total. The zero-order valence-corrected chi connectivity index (χ0v) is 16.0. The first-order valence-corrected chi connectivity index (χ1v) is 10.2. The Labute approximate surface area is 165 Å².